The summed E-state index contributed by atoms with van der Waals surface area (Å²) in [4.78, 5) is 63.7. The Morgan fingerprint density at radius 1 is 0.509 bits per heavy atom. The molecule has 0 aromatic carbocycles. The van der Waals surface area contributed by atoms with Gasteiger partial charge in [-0.3, -0.25) is 32.0 Å². The van der Waals surface area contributed by atoms with Crippen LogP contribution in [0.5, 0.6) is 0 Å². The fourth-order valence-electron chi connectivity index (χ4n) is 16.3. The summed E-state index contributed by atoms with van der Waals surface area (Å²) >= 11 is 6.57. The molecule has 106 heavy (non-hydrogen) atoms. The molecule has 15 heterocycles. The summed E-state index contributed by atoms with van der Waals surface area (Å²) in [5.41, 5.74) is 11.2. The minimum Gasteiger partial charge on any atom is -0.813 e. The van der Waals surface area contributed by atoms with Crippen molar-refractivity contribution in [2.75, 3.05) is 54.0 Å². The number of piperidine rings is 3. The maximum absolute atomic E-state index is 12.5. The van der Waals surface area contributed by atoms with Gasteiger partial charge < -0.3 is 64.5 Å². The molecule has 3 saturated heterocycles. The Morgan fingerprint density at radius 2 is 0.915 bits per heavy atom. The summed E-state index contributed by atoms with van der Waals surface area (Å²) in [5.74, 6) is 2.79. The van der Waals surface area contributed by atoms with Gasteiger partial charge in [0.05, 0.1) is 24.1 Å². The van der Waals surface area contributed by atoms with Crippen LogP contribution in [0.3, 0.4) is 0 Å². The van der Waals surface area contributed by atoms with Crippen molar-refractivity contribution in [2.24, 2.45) is 22.0 Å². The number of aromatic nitrogens is 18. The molecule has 12 aromatic rings. The largest absolute Gasteiger partial charge is 1.00 e. The SMILES string of the molecule is Brc1cccn2cnnc12.CC(C)(C)OC(=O)N[C@@H]1CCCC12CCN(c1nc[c-]c3nccn13)CC2.CC(C)(C)OC(=O)N[C@@H]1CCCC12CCN(c1ncc(Sc3cccn4cnnc34)c3nccn13)CC2.N[C@@H]1CCCC12CCN(c1ncc(Sc3cccn4cnnc34)c3nccn13)CC2.[Na+].[SH-]. The second kappa shape index (κ2) is 32.1. The Kier molecular flexibility index (Phi) is 23.2. The molecule has 18 rings (SSSR count). The van der Waals surface area contributed by atoms with Gasteiger partial charge in [0.25, 0.3) is 0 Å². The number of hydrogen-bond acceptors (Lipinski definition) is 23. The standard InChI is InChI=1S/C26H32N8O2S.C21H24N8S.C20H28N5O2.C6H4BrN3.Na.H2S/c1-25(2,3)36-24(35)30-20-7-4-8-26(20)9-13-32(14-10-26)23-28-16-19(21-27-11-15-34(21)23)37-18-6-5-12-33-17-29-31-22(18)33;22-17-4-1-5-21(17)6-10-27(11-7-21)20-24-13-16(18-23-8-12-29(18)20)30-15-3-2-9-28-14-25-26-19(15)28;1-19(2,3)27-18(26)23-15-5-4-7-20(15)8-12-24(13-9-20)17-22-10-6-16-21-11-14-25(16)17;7-5-2-1-3-10-4-8-9-6(5)10;;/h5-6,11-12,15-17,20H,4,7-10,13-14H2,1-3H3,(H,30,35);2-3,8-9,12-14,17H,1,4-7,10-11,22H2;10-11,14-15H,4-5,7-9,12-13H2,1-3H3,(H,23,26);1-4H;;1H2/q;;-1;;+1;/p-1/t20-;17-;15-;;;/m111.../s1. The molecule has 3 aliphatic carbocycles. The summed E-state index contributed by atoms with van der Waals surface area (Å²) in [6.45, 7) is 17.0. The van der Waals surface area contributed by atoms with Gasteiger partial charge in [-0.2, -0.15) is 0 Å². The van der Waals surface area contributed by atoms with Crippen LogP contribution in [0.2, 0.25) is 0 Å². The van der Waals surface area contributed by atoms with Crippen LogP contribution in [-0.2, 0) is 23.0 Å². The first-order chi connectivity index (χ1) is 50.3. The molecule has 28 nitrogen and oxygen atoms in total. The fourth-order valence-corrected chi connectivity index (χ4v) is 18.7. The Labute approximate surface area is 660 Å². The fraction of sp³-hybridized carbons (Fsp3) is 0.479. The molecule has 0 bridgehead atoms. The van der Waals surface area contributed by atoms with Crippen molar-refractivity contribution < 1.29 is 48.6 Å². The predicted molar refractivity (Wildman–Crippen MR) is 409 cm³/mol. The number of alkyl carbamates (subject to hydrolysis) is 2. The van der Waals surface area contributed by atoms with Crippen molar-refractivity contribution in [3.05, 3.63) is 140 Å². The van der Waals surface area contributed by atoms with Gasteiger partial charge in [-0.25, -0.2) is 29.5 Å². The maximum atomic E-state index is 12.5. The number of amides is 2. The smallest absolute Gasteiger partial charge is 0.813 e. The van der Waals surface area contributed by atoms with Crippen molar-refractivity contribution in [1.82, 2.24) is 97.5 Å². The minimum absolute atomic E-state index is 0. The van der Waals surface area contributed by atoms with Crippen LogP contribution >= 0.6 is 39.5 Å². The minimum atomic E-state index is -0.493. The quantitative estimate of drug-likeness (QED) is 0.0525. The van der Waals surface area contributed by atoms with Gasteiger partial charge >= 0.3 is 41.7 Å². The van der Waals surface area contributed by atoms with Crippen molar-refractivity contribution in [3.63, 3.8) is 0 Å². The molecule has 3 spiro atoms. The predicted octanol–water partition coefficient (Wildman–Crippen LogP) is 9.03. The van der Waals surface area contributed by atoms with Crippen LogP contribution in [0, 0.1) is 22.3 Å². The molecule has 6 fully saturated rings. The van der Waals surface area contributed by atoms with Gasteiger partial charge in [0.15, 0.2) is 28.2 Å². The van der Waals surface area contributed by atoms with Gasteiger partial charge in [0.1, 0.15) is 30.2 Å². The van der Waals surface area contributed by atoms with Gasteiger partial charge in [-0.1, -0.05) is 42.8 Å². The van der Waals surface area contributed by atoms with Crippen LogP contribution in [-0.4, -0.2) is 168 Å². The number of rotatable bonds is 9. The number of halogens is 1. The molecular weight excluding hydrogens is 1480 g/mol. The number of nitrogens with zero attached hydrogens (tertiary/aromatic N) is 21. The van der Waals surface area contributed by atoms with Crippen LogP contribution in [0.1, 0.15) is 138 Å². The van der Waals surface area contributed by atoms with Crippen molar-refractivity contribution in [1.29, 1.82) is 0 Å². The Bertz CT molecular complexity index is 5010. The van der Waals surface area contributed by atoms with Gasteiger partial charge in [-0.15, -0.1) is 36.8 Å². The van der Waals surface area contributed by atoms with Crippen LogP contribution in [0.4, 0.5) is 27.4 Å². The summed E-state index contributed by atoms with van der Waals surface area (Å²) in [6, 6.07) is 15.7. The Balaban J connectivity index is 0.000000132. The number of carbonyl (C=O) groups excluding carboxylic acids is 2. The molecule has 12 aromatic heterocycles. The molecule has 33 heteroatoms. The molecule has 0 unspecified atom stereocenters. The van der Waals surface area contributed by atoms with Crippen molar-refractivity contribution >= 4 is 117 Å². The molecule has 3 aliphatic heterocycles. The molecule has 3 saturated carbocycles. The van der Waals surface area contributed by atoms with E-state index in [4.69, 9.17) is 25.2 Å². The molecule has 552 valence electrons. The van der Waals surface area contributed by atoms with Crippen molar-refractivity contribution in [2.45, 2.75) is 187 Å². The summed E-state index contributed by atoms with van der Waals surface area (Å²) in [5, 5.41) is 30.5. The van der Waals surface area contributed by atoms with Crippen LogP contribution < -0.4 is 60.6 Å². The second-order valence-electron chi connectivity index (χ2n) is 30.1. The number of ether oxygens (including phenoxy) is 2. The zero-order valence-electron chi connectivity index (χ0n) is 60.9. The van der Waals surface area contributed by atoms with E-state index >= 15 is 0 Å². The molecule has 0 radical (unpaired) electrons. The number of carbonyl (C=O) groups is 2. The van der Waals surface area contributed by atoms with Gasteiger partial charge in [0, 0.05) is 126 Å². The third-order valence-electron chi connectivity index (χ3n) is 21.6. The first-order valence-electron chi connectivity index (χ1n) is 36.0. The van der Waals surface area contributed by atoms with E-state index in [9.17, 15) is 9.59 Å². The number of imidazole rings is 3. The molecule has 6 aliphatic rings. The van der Waals surface area contributed by atoms with Crippen molar-refractivity contribution in [3.8, 4) is 0 Å². The van der Waals surface area contributed by atoms with E-state index in [0.717, 1.165) is 192 Å². The normalized spacial score (nSPS) is 19.5. The van der Waals surface area contributed by atoms with E-state index in [1.54, 1.807) is 54.9 Å². The summed E-state index contributed by atoms with van der Waals surface area (Å²) in [6.07, 6.45) is 44.0. The Hall–Kier alpha value is -7.85. The van der Waals surface area contributed by atoms with E-state index in [1.165, 1.54) is 19.3 Å². The topological polar surface area (TPSA) is 294 Å². The van der Waals surface area contributed by atoms with Crippen LogP contribution in [0.25, 0.3) is 33.9 Å². The third-order valence-corrected chi connectivity index (χ3v) is 24.3. The third kappa shape index (κ3) is 16.3. The zero-order chi connectivity index (χ0) is 71.8. The number of pyridine rings is 3. The van der Waals surface area contributed by atoms with E-state index in [-0.39, 0.29) is 78.2 Å². The molecular formula is C73H89BrN24NaO4S3-. The van der Waals surface area contributed by atoms with Gasteiger partial charge in [0.2, 0.25) is 17.8 Å². The average Bonchev–Trinajstić information content (AvgIpc) is 1.50. The number of nitrogens with two attached hydrogens (primary N) is 1. The van der Waals surface area contributed by atoms with E-state index in [2.05, 4.69) is 113 Å². The summed E-state index contributed by atoms with van der Waals surface area (Å²) in [7, 11) is 0. The maximum Gasteiger partial charge on any atom is 1.00 e. The number of nitrogens with one attached hydrogen (secondary N) is 2. The van der Waals surface area contributed by atoms with E-state index in [0.29, 0.717) is 11.5 Å². The second-order valence-corrected chi connectivity index (χ2v) is 33.2. The number of fused-ring (bicyclic) bond motifs is 6. The number of anilines is 3. The molecule has 3 atom stereocenters. The van der Waals surface area contributed by atoms with Crippen LogP contribution in [0.15, 0.2) is 154 Å². The molecule has 2 amide bonds. The summed E-state index contributed by atoms with van der Waals surface area (Å²) < 4.78 is 23.8. The number of hydrogen-bond donors (Lipinski definition) is 3. The first-order valence-corrected chi connectivity index (χ1v) is 38.4. The van der Waals surface area contributed by atoms with E-state index < -0.39 is 11.2 Å². The first kappa shape index (κ1) is 76.3. The molecule has 4 N–H and O–H groups in total. The Morgan fingerprint density at radius 3 is 1.37 bits per heavy atom. The monoisotopic (exact) mass is 1560 g/mol. The number of thiol groups is 1. The van der Waals surface area contributed by atoms with E-state index in [1.807, 2.05) is 151 Å². The average molecular weight is 1570 g/mol. The zero-order valence-corrected chi connectivity index (χ0v) is 67.1. The van der Waals surface area contributed by atoms with Gasteiger partial charge in [-0.05, 0) is 193 Å².